The Balaban J connectivity index is 0.00000240. The Labute approximate surface area is 184 Å². The Morgan fingerprint density at radius 1 is 0.966 bits per heavy atom. The molecule has 4 heteroatoms. The topological polar surface area (TPSA) is 17.8 Å². The molecule has 0 spiro atoms. The minimum Gasteiger partial charge on any atom is -0.339 e. The van der Waals surface area contributed by atoms with Gasteiger partial charge >= 0.3 is 0 Å². The number of halogens is 1. The molecule has 0 saturated carbocycles. The summed E-state index contributed by atoms with van der Waals surface area (Å²) < 4.78 is 16.0. The molecule has 0 bridgehead atoms. The minimum atomic E-state index is -0.281. The van der Waals surface area contributed by atoms with E-state index in [9.17, 15) is 4.39 Å². The van der Waals surface area contributed by atoms with Crippen molar-refractivity contribution in [2.45, 2.75) is 26.2 Å². The van der Waals surface area contributed by atoms with Gasteiger partial charge in [-0.25, -0.2) is 0 Å². The summed E-state index contributed by atoms with van der Waals surface area (Å²) in [6, 6.07) is 24.6. The van der Waals surface area contributed by atoms with E-state index in [0.717, 1.165) is 33.8 Å². The molecule has 2 nitrogen and oxygen atoms in total. The van der Waals surface area contributed by atoms with Gasteiger partial charge in [0.1, 0.15) is 0 Å². The number of imidazole rings is 1. The van der Waals surface area contributed by atoms with Gasteiger partial charge in [0.25, 0.3) is 0 Å². The number of para-hydroxylation sites is 1. The number of rotatable bonds is 3. The van der Waals surface area contributed by atoms with Crippen molar-refractivity contribution in [1.29, 1.82) is 0 Å². The third-order valence-corrected chi connectivity index (χ3v) is 4.83. The van der Waals surface area contributed by atoms with Crippen molar-refractivity contribution < 1.29 is 24.5 Å². The maximum Gasteiger partial charge on any atom is 0.0605 e. The van der Waals surface area contributed by atoms with Crippen molar-refractivity contribution in [1.82, 2.24) is 9.55 Å². The molecular weight excluding hydrogens is 540 g/mol. The predicted molar refractivity (Wildman–Crippen MR) is 112 cm³/mol. The van der Waals surface area contributed by atoms with Crippen LogP contribution in [0, 0.1) is 11.9 Å². The maximum atomic E-state index is 14.0. The van der Waals surface area contributed by atoms with Crippen LogP contribution in [0.15, 0.2) is 79.1 Å². The van der Waals surface area contributed by atoms with Crippen molar-refractivity contribution in [3.63, 3.8) is 0 Å². The van der Waals surface area contributed by atoms with Gasteiger partial charge in [0.05, 0.1) is 5.82 Å². The summed E-state index contributed by atoms with van der Waals surface area (Å²) in [7, 11) is 0. The van der Waals surface area contributed by atoms with Crippen LogP contribution in [-0.2, 0) is 25.5 Å². The van der Waals surface area contributed by atoms with Gasteiger partial charge in [0, 0.05) is 49.6 Å². The third kappa shape index (κ3) is 4.24. The molecule has 0 fully saturated rings. The second kappa shape index (κ2) is 8.44. The second-order valence-corrected chi connectivity index (χ2v) is 7.86. The molecule has 0 aliphatic heterocycles. The number of hydrogen-bond acceptors (Lipinski definition) is 1. The molecule has 0 aliphatic carbocycles. The first-order valence-corrected chi connectivity index (χ1v) is 9.35. The summed E-state index contributed by atoms with van der Waals surface area (Å²) in [5, 5.41) is 0. The van der Waals surface area contributed by atoms with Gasteiger partial charge < -0.3 is 4.57 Å². The summed E-state index contributed by atoms with van der Waals surface area (Å²) in [5.74, 6) is 0.477. The van der Waals surface area contributed by atoms with Crippen LogP contribution in [0.2, 0.25) is 0 Å². The minimum absolute atomic E-state index is 0. The first kappa shape index (κ1) is 21.2. The van der Waals surface area contributed by atoms with Gasteiger partial charge in [-0.05, 0) is 17.0 Å². The quantitative estimate of drug-likeness (QED) is 0.263. The van der Waals surface area contributed by atoms with E-state index in [1.807, 2.05) is 36.5 Å². The summed E-state index contributed by atoms with van der Waals surface area (Å²) in [6.07, 6.45) is 3.72. The Hall–Kier alpha value is -2.55. The SMILES string of the molecule is CC(C)(C)c1cc(F)c[c-]c1-c1nccn1-c1ccccc1-c1ccccc1.[Ir]. The predicted octanol–water partition coefficient (Wildman–Crippen LogP) is 6.44. The van der Waals surface area contributed by atoms with E-state index >= 15 is 0 Å². The van der Waals surface area contributed by atoms with E-state index in [0.29, 0.717) is 0 Å². The van der Waals surface area contributed by atoms with Crippen LogP contribution >= 0.6 is 0 Å². The number of nitrogens with zero attached hydrogens (tertiary/aromatic N) is 2. The molecule has 149 valence electrons. The molecule has 0 unspecified atom stereocenters. The van der Waals surface area contributed by atoms with Gasteiger partial charge in [0.15, 0.2) is 0 Å². The molecule has 4 aromatic rings. The average Bonchev–Trinajstić information content (AvgIpc) is 3.17. The van der Waals surface area contributed by atoms with E-state index in [2.05, 4.69) is 60.7 Å². The Morgan fingerprint density at radius 3 is 2.38 bits per heavy atom. The molecule has 0 N–H and O–H groups in total. The number of aromatic nitrogens is 2. The standard InChI is InChI=1S/C25H22FN2.Ir/c1-25(2,3)22-17-19(26)13-14-21(22)24-27-15-16-28(24)23-12-8-7-11-20(23)18-9-5-4-6-10-18;/h4-13,15-17H,1-3H3;/q-1;. The zero-order valence-electron chi connectivity index (χ0n) is 16.6. The zero-order chi connectivity index (χ0) is 19.7. The van der Waals surface area contributed by atoms with E-state index in [1.165, 1.54) is 6.07 Å². The number of benzene rings is 3. The summed E-state index contributed by atoms with van der Waals surface area (Å²) in [5.41, 5.74) is 4.75. The first-order chi connectivity index (χ1) is 13.4. The van der Waals surface area contributed by atoms with Crippen molar-refractivity contribution in [3.8, 4) is 28.2 Å². The average molecular weight is 562 g/mol. The van der Waals surface area contributed by atoms with Crippen LogP contribution in [0.3, 0.4) is 0 Å². The van der Waals surface area contributed by atoms with Crippen molar-refractivity contribution in [2.75, 3.05) is 0 Å². The van der Waals surface area contributed by atoms with E-state index in [1.54, 1.807) is 12.3 Å². The van der Waals surface area contributed by atoms with Gasteiger partial charge in [-0.3, -0.25) is 9.37 Å². The zero-order valence-corrected chi connectivity index (χ0v) is 19.0. The van der Waals surface area contributed by atoms with E-state index < -0.39 is 0 Å². The van der Waals surface area contributed by atoms with Crippen molar-refractivity contribution >= 4 is 0 Å². The van der Waals surface area contributed by atoms with E-state index in [-0.39, 0.29) is 31.3 Å². The summed E-state index contributed by atoms with van der Waals surface area (Å²) >= 11 is 0. The molecule has 4 rings (SSSR count). The van der Waals surface area contributed by atoms with Crippen LogP contribution in [0.4, 0.5) is 4.39 Å². The summed E-state index contributed by atoms with van der Waals surface area (Å²) in [6.45, 7) is 6.22. The Kier molecular flexibility index (Phi) is 6.16. The normalized spacial score (nSPS) is 11.2. The van der Waals surface area contributed by atoms with Crippen LogP contribution in [0.5, 0.6) is 0 Å². The van der Waals surface area contributed by atoms with Gasteiger partial charge in [-0.2, -0.15) is 0 Å². The molecule has 0 aliphatic rings. The molecule has 0 atom stereocenters. The Morgan fingerprint density at radius 2 is 1.66 bits per heavy atom. The first-order valence-electron chi connectivity index (χ1n) is 9.35. The smallest absolute Gasteiger partial charge is 0.0605 e. The third-order valence-electron chi connectivity index (χ3n) is 4.83. The van der Waals surface area contributed by atoms with Crippen LogP contribution < -0.4 is 0 Å². The molecule has 3 aromatic carbocycles. The Bertz CT molecular complexity index is 1110. The molecule has 1 aromatic heterocycles. The monoisotopic (exact) mass is 562 g/mol. The van der Waals surface area contributed by atoms with Gasteiger partial charge in [-0.1, -0.05) is 69.3 Å². The van der Waals surface area contributed by atoms with Crippen LogP contribution in [0.1, 0.15) is 26.3 Å². The molecular formula is C25H22FIrN2-. The van der Waals surface area contributed by atoms with Crippen molar-refractivity contribution in [3.05, 3.63) is 96.6 Å². The fourth-order valence-electron chi connectivity index (χ4n) is 3.48. The van der Waals surface area contributed by atoms with Gasteiger partial charge in [0.2, 0.25) is 0 Å². The maximum absolute atomic E-state index is 14.0. The molecule has 0 amide bonds. The molecule has 1 heterocycles. The fraction of sp³-hybridized carbons (Fsp3) is 0.160. The largest absolute Gasteiger partial charge is 0.339 e. The van der Waals surface area contributed by atoms with Crippen LogP contribution in [-0.4, -0.2) is 9.55 Å². The van der Waals surface area contributed by atoms with Gasteiger partial charge in [-0.15, -0.1) is 29.3 Å². The fourth-order valence-corrected chi connectivity index (χ4v) is 3.48. The number of hydrogen-bond donors (Lipinski definition) is 0. The van der Waals surface area contributed by atoms with Crippen LogP contribution in [0.25, 0.3) is 28.2 Å². The molecule has 1 radical (unpaired) electrons. The molecule has 0 saturated heterocycles. The van der Waals surface area contributed by atoms with Crippen molar-refractivity contribution in [2.24, 2.45) is 0 Å². The van der Waals surface area contributed by atoms with E-state index in [4.69, 9.17) is 0 Å². The summed E-state index contributed by atoms with van der Waals surface area (Å²) in [4.78, 5) is 4.61. The second-order valence-electron chi connectivity index (χ2n) is 7.86. The molecule has 29 heavy (non-hydrogen) atoms.